The number of hydrogen-bond acceptors (Lipinski definition) is 2. The largest absolute Gasteiger partial charge is 0.393 e. The van der Waals surface area contributed by atoms with Gasteiger partial charge in [0.15, 0.2) is 0 Å². The van der Waals surface area contributed by atoms with Gasteiger partial charge in [-0.2, -0.15) is 0 Å². The summed E-state index contributed by atoms with van der Waals surface area (Å²) in [7, 11) is 4.43. The Balaban J connectivity index is 1.39. The molecule has 2 heteroatoms. The minimum atomic E-state index is -0.0827. The van der Waals surface area contributed by atoms with E-state index in [2.05, 4.69) is 53.6 Å². The van der Waals surface area contributed by atoms with Gasteiger partial charge in [-0.15, -0.1) is 0 Å². The SMILES string of the molecule is C[C@H](CCCN(C)C)[C@H]1CC[C@@]2(C)[C@@H]3CC[C@H]4C(C)(C)[C@@H](O)CC[C@@]45C[C@@]35CC[C@]12C. The Morgan fingerprint density at radius 2 is 1.52 bits per heavy atom. The van der Waals surface area contributed by atoms with Crippen LogP contribution >= 0.6 is 0 Å². The van der Waals surface area contributed by atoms with Gasteiger partial charge in [-0.3, -0.25) is 0 Å². The number of aliphatic hydroxyl groups excluding tert-OH is 1. The molecule has 0 aliphatic heterocycles. The summed E-state index contributed by atoms with van der Waals surface area (Å²) < 4.78 is 0. The first kappa shape index (κ1) is 22.7. The van der Waals surface area contributed by atoms with Gasteiger partial charge in [0.2, 0.25) is 0 Å². The van der Waals surface area contributed by atoms with Crippen molar-refractivity contribution in [1.82, 2.24) is 4.90 Å². The van der Waals surface area contributed by atoms with E-state index in [9.17, 15) is 5.11 Å². The average Bonchev–Trinajstić information content (AvgIpc) is 3.27. The van der Waals surface area contributed by atoms with Crippen LogP contribution in [0, 0.1) is 50.7 Å². The molecule has 1 N–H and O–H groups in total. The third-order valence-corrected chi connectivity index (χ3v) is 13.1. The van der Waals surface area contributed by atoms with Crippen LogP contribution in [0.4, 0.5) is 0 Å². The van der Waals surface area contributed by atoms with Crippen LogP contribution in [-0.4, -0.2) is 36.8 Å². The van der Waals surface area contributed by atoms with Crippen molar-refractivity contribution < 1.29 is 5.11 Å². The zero-order valence-corrected chi connectivity index (χ0v) is 21.8. The lowest BCUT2D eigenvalue weighted by Gasteiger charge is -2.63. The van der Waals surface area contributed by atoms with E-state index in [4.69, 9.17) is 0 Å². The van der Waals surface area contributed by atoms with Gasteiger partial charge in [0.05, 0.1) is 6.10 Å². The molecule has 178 valence electrons. The van der Waals surface area contributed by atoms with E-state index >= 15 is 0 Å². The zero-order chi connectivity index (χ0) is 22.4. The first-order valence-corrected chi connectivity index (χ1v) is 13.8. The van der Waals surface area contributed by atoms with Crippen molar-refractivity contribution in [3.8, 4) is 0 Å². The topological polar surface area (TPSA) is 23.5 Å². The summed E-state index contributed by atoms with van der Waals surface area (Å²) in [6.07, 6.45) is 15.3. The van der Waals surface area contributed by atoms with E-state index in [1.165, 1.54) is 70.8 Å². The molecule has 31 heavy (non-hydrogen) atoms. The maximum Gasteiger partial charge on any atom is 0.0594 e. The Kier molecular flexibility index (Phi) is 5.10. The highest BCUT2D eigenvalue weighted by Gasteiger charge is 2.82. The Hall–Kier alpha value is -0.0800. The maximum atomic E-state index is 10.8. The number of hydrogen-bond donors (Lipinski definition) is 1. The van der Waals surface area contributed by atoms with Crippen molar-refractivity contribution >= 4 is 0 Å². The maximum absolute atomic E-state index is 10.8. The van der Waals surface area contributed by atoms with Gasteiger partial charge in [0.1, 0.15) is 0 Å². The summed E-state index contributed by atoms with van der Waals surface area (Å²) in [6, 6.07) is 0. The lowest BCUT2D eigenvalue weighted by molar-refractivity contribution is -0.161. The Labute approximate surface area is 192 Å². The number of aliphatic hydroxyl groups is 1. The summed E-state index contributed by atoms with van der Waals surface area (Å²) >= 11 is 0. The predicted molar refractivity (Wildman–Crippen MR) is 130 cm³/mol. The van der Waals surface area contributed by atoms with Crippen LogP contribution in [0.2, 0.25) is 0 Å². The average molecular weight is 430 g/mol. The van der Waals surface area contributed by atoms with Gasteiger partial charge in [0, 0.05) is 0 Å². The summed E-state index contributed by atoms with van der Waals surface area (Å²) in [6.45, 7) is 14.1. The molecule has 0 radical (unpaired) electrons. The minimum absolute atomic E-state index is 0.0827. The lowest BCUT2D eigenvalue weighted by Crippen LogP contribution is -2.57. The predicted octanol–water partition coefficient (Wildman–Crippen LogP) is 6.76. The molecule has 5 saturated carbocycles. The van der Waals surface area contributed by atoms with Gasteiger partial charge in [0.25, 0.3) is 0 Å². The number of nitrogens with zero attached hydrogens (tertiary/aromatic N) is 1. The minimum Gasteiger partial charge on any atom is -0.393 e. The first-order valence-electron chi connectivity index (χ1n) is 13.8. The van der Waals surface area contributed by atoms with E-state index in [-0.39, 0.29) is 11.5 Å². The Bertz CT molecular complexity index is 716. The molecule has 5 aliphatic rings. The van der Waals surface area contributed by atoms with Crippen molar-refractivity contribution in [3.63, 3.8) is 0 Å². The molecule has 0 aromatic carbocycles. The molecule has 0 amide bonds. The van der Waals surface area contributed by atoms with E-state index in [1.54, 1.807) is 0 Å². The van der Waals surface area contributed by atoms with Gasteiger partial charge >= 0.3 is 0 Å². The van der Waals surface area contributed by atoms with Crippen LogP contribution < -0.4 is 0 Å². The lowest BCUT2D eigenvalue weighted by atomic mass is 9.41. The zero-order valence-electron chi connectivity index (χ0n) is 21.8. The van der Waals surface area contributed by atoms with Crippen molar-refractivity contribution in [3.05, 3.63) is 0 Å². The third-order valence-electron chi connectivity index (χ3n) is 13.1. The number of rotatable bonds is 5. The van der Waals surface area contributed by atoms with Crippen LogP contribution in [-0.2, 0) is 0 Å². The van der Waals surface area contributed by atoms with Gasteiger partial charge in [-0.25, -0.2) is 0 Å². The van der Waals surface area contributed by atoms with Crippen LogP contribution in [0.15, 0.2) is 0 Å². The fourth-order valence-corrected chi connectivity index (χ4v) is 11.2. The van der Waals surface area contributed by atoms with Crippen molar-refractivity contribution in [2.24, 2.45) is 50.7 Å². The van der Waals surface area contributed by atoms with E-state index in [0.717, 1.165) is 30.1 Å². The molecule has 0 unspecified atom stereocenters. The van der Waals surface area contributed by atoms with Crippen molar-refractivity contribution in [2.45, 2.75) is 111 Å². The van der Waals surface area contributed by atoms with E-state index in [0.29, 0.717) is 21.7 Å². The molecular weight excluding hydrogens is 378 g/mol. The summed E-state index contributed by atoms with van der Waals surface area (Å²) in [5, 5.41) is 10.8. The monoisotopic (exact) mass is 429 g/mol. The highest BCUT2D eigenvalue weighted by atomic mass is 16.3. The molecule has 0 heterocycles. The molecule has 0 aromatic rings. The second kappa shape index (κ2) is 6.97. The Morgan fingerprint density at radius 3 is 2.23 bits per heavy atom. The molecule has 0 bridgehead atoms. The van der Waals surface area contributed by atoms with Gasteiger partial charge in [-0.05, 0) is 142 Å². The van der Waals surface area contributed by atoms with Gasteiger partial charge < -0.3 is 10.0 Å². The number of fused-ring (bicyclic) bond motifs is 2. The highest BCUT2D eigenvalue weighted by Crippen LogP contribution is 2.89. The van der Waals surface area contributed by atoms with Crippen LogP contribution in [0.5, 0.6) is 0 Å². The summed E-state index contributed by atoms with van der Waals surface area (Å²) in [5.41, 5.74) is 2.41. The second-order valence-electron chi connectivity index (χ2n) is 14.5. The third kappa shape index (κ3) is 2.76. The highest BCUT2D eigenvalue weighted by molar-refractivity contribution is 5.30. The summed E-state index contributed by atoms with van der Waals surface area (Å²) in [5.74, 6) is 3.50. The smallest absolute Gasteiger partial charge is 0.0594 e. The fraction of sp³-hybridized carbons (Fsp3) is 1.00. The van der Waals surface area contributed by atoms with Crippen LogP contribution in [0.3, 0.4) is 0 Å². The Morgan fingerprint density at radius 1 is 0.839 bits per heavy atom. The second-order valence-corrected chi connectivity index (χ2v) is 14.5. The van der Waals surface area contributed by atoms with Crippen molar-refractivity contribution in [2.75, 3.05) is 20.6 Å². The normalized spacial score (nSPS) is 53.3. The molecule has 9 atom stereocenters. The molecular formula is C29H51NO. The fourth-order valence-electron chi connectivity index (χ4n) is 11.2. The molecule has 2 nitrogen and oxygen atoms in total. The molecule has 0 aromatic heterocycles. The quantitative estimate of drug-likeness (QED) is 0.521. The molecule has 2 spiro atoms. The van der Waals surface area contributed by atoms with Crippen molar-refractivity contribution in [1.29, 1.82) is 0 Å². The first-order chi connectivity index (χ1) is 14.4. The molecule has 5 fully saturated rings. The van der Waals surface area contributed by atoms with E-state index in [1.807, 2.05) is 0 Å². The molecule has 5 rings (SSSR count). The van der Waals surface area contributed by atoms with E-state index < -0.39 is 0 Å². The van der Waals surface area contributed by atoms with Gasteiger partial charge in [-0.1, -0.05) is 34.6 Å². The van der Waals surface area contributed by atoms with Crippen LogP contribution in [0.1, 0.15) is 105 Å². The standard InChI is InChI=1S/C29H51NO/c1-20(9-8-18-30(6)7)21-12-14-27(5)23-11-10-22-25(2,3)24(31)13-15-28(22)19-29(23,28)17-16-26(21,27)4/h20-24,31H,8-19H2,1-7H3/t20-,21-,22+,23+,24+,26-,27+,28-,29+/m1/s1. The molecule has 0 saturated heterocycles. The van der Waals surface area contributed by atoms with Crippen LogP contribution in [0.25, 0.3) is 0 Å². The molecule has 5 aliphatic carbocycles. The summed E-state index contributed by atoms with van der Waals surface area (Å²) in [4.78, 5) is 2.35.